The molecule has 0 saturated carbocycles. The molecule has 0 radical (unpaired) electrons. The number of ether oxygens (including phenoxy) is 3. The molecule has 0 unspecified atom stereocenters. The number of fused-ring (bicyclic) bond motifs is 2. The van der Waals surface area contributed by atoms with Crippen LogP contribution in [0.15, 0.2) is 24.3 Å². The van der Waals surface area contributed by atoms with Crippen LogP contribution in [-0.2, 0) is 12.8 Å². The molecule has 2 aromatic rings. The second kappa shape index (κ2) is 4.40. The van der Waals surface area contributed by atoms with Crippen molar-refractivity contribution in [2.45, 2.75) is 19.3 Å². The van der Waals surface area contributed by atoms with Crippen LogP contribution < -0.4 is 14.2 Å². The van der Waals surface area contributed by atoms with Crippen molar-refractivity contribution in [2.24, 2.45) is 0 Å². The lowest BCUT2D eigenvalue weighted by Crippen LogP contribution is -1.94. The molecule has 2 aliphatic rings. The van der Waals surface area contributed by atoms with Gasteiger partial charge in [0.2, 0.25) is 6.79 Å². The molecule has 4 rings (SSSR count). The number of pyridine rings is 1. The second-order valence-electron chi connectivity index (χ2n) is 5.06. The van der Waals surface area contributed by atoms with Gasteiger partial charge in [-0.05, 0) is 37.0 Å². The predicted molar refractivity (Wildman–Crippen MR) is 74.4 cm³/mol. The number of benzene rings is 1. The highest BCUT2D eigenvalue weighted by atomic mass is 16.7. The molecule has 1 aromatic carbocycles. The maximum absolute atomic E-state index is 5.47. The first kappa shape index (κ1) is 11.6. The Bertz CT molecular complexity index is 682. The average Bonchev–Trinajstić information content (AvgIpc) is 3.13. The van der Waals surface area contributed by atoms with Gasteiger partial charge in [0.25, 0.3) is 0 Å². The summed E-state index contributed by atoms with van der Waals surface area (Å²) in [6, 6.07) is 8.05. The smallest absolute Gasteiger partial charge is 0.231 e. The highest BCUT2D eigenvalue weighted by Gasteiger charge is 2.20. The molecule has 0 atom stereocenters. The molecule has 4 heteroatoms. The van der Waals surface area contributed by atoms with Crippen LogP contribution in [0.25, 0.3) is 11.3 Å². The lowest BCUT2D eigenvalue weighted by Gasteiger charge is -2.10. The van der Waals surface area contributed by atoms with Gasteiger partial charge in [-0.25, -0.2) is 0 Å². The van der Waals surface area contributed by atoms with Crippen LogP contribution in [0.1, 0.15) is 17.7 Å². The molecular weight excluding hydrogens is 254 g/mol. The summed E-state index contributed by atoms with van der Waals surface area (Å²) in [5, 5.41) is 0. The first-order valence-corrected chi connectivity index (χ1v) is 6.82. The van der Waals surface area contributed by atoms with Gasteiger partial charge in [-0.2, -0.15) is 0 Å². The van der Waals surface area contributed by atoms with Crippen molar-refractivity contribution in [2.75, 3.05) is 13.9 Å². The largest absolute Gasteiger partial charge is 0.496 e. The Balaban J connectivity index is 1.85. The summed E-state index contributed by atoms with van der Waals surface area (Å²) in [7, 11) is 1.66. The highest BCUT2D eigenvalue weighted by Crippen LogP contribution is 2.42. The maximum Gasteiger partial charge on any atom is 0.231 e. The fraction of sp³-hybridized carbons (Fsp3) is 0.312. The summed E-state index contributed by atoms with van der Waals surface area (Å²) < 4.78 is 16.3. The van der Waals surface area contributed by atoms with Crippen LogP contribution in [0.3, 0.4) is 0 Å². The van der Waals surface area contributed by atoms with Crippen molar-refractivity contribution in [3.05, 3.63) is 35.5 Å². The minimum atomic E-state index is 0.263. The zero-order chi connectivity index (χ0) is 13.5. The molecule has 0 bridgehead atoms. The molecule has 20 heavy (non-hydrogen) atoms. The third-order valence-electron chi connectivity index (χ3n) is 3.90. The van der Waals surface area contributed by atoms with Gasteiger partial charge in [-0.1, -0.05) is 6.07 Å². The van der Waals surface area contributed by atoms with E-state index in [4.69, 9.17) is 19.2 Å². The standard InChI is InChI=1S/C16H15NO3/c1-18-14-8-16-15(19-9-20-16)7-11(14)13-6-5-10-3-2-4-12(10)17-13/h5-8H,2-4,9H2,1H3. The number of rotatable bonds is 2. The van der Waals surface area contributed by atoms with Gasteiger partial charge in [0.1, 0.15) is 5.75 Å². The van der Waals surface area contributed by atoms with E-state index in [0.29, 0.717) is 0 Å². The van der Waals surface area contributed by atoms with Crippen LogP contribution >= 0.6 is 0 Å². The Morgan fingerprint density at radius 1 is 1.10 bits per heavy atom. The molecule has 1 aliphatic heterocycles. The minimum Gasteiger partial charge on any atom is -0.496 e. The summed E-state index contributed by atoms with van der Waals surface area (Å²) in [6.07, 6.45) is 3.40. The Kier molecular flexibility index (Phi) is 2.55. The molecule has 1 aromatic heterocycles. The molecule has 1 aliphatic carbocycles. The molecule has 102 valence electrons. The Hall–Kier alpha value is -2.23. The summed E-state index contributed by atoms with van der Waals surface area (Å²) in [6.45, 7) is 0.263. The normalized spacial score (nSPS) is 15.2. The first-order chi connectivity index (χ1) is 9.85. The van der Waals surface area contributed by atoms with E-state index in [1.165, 1.54) is 17.7 Å². The summed E-state index contributed by atoms with van der Waals surface area (Å²) in [4.78, 5) is 4.78. The molecular formula is C16H15NO3. The zero-order valence-corrected chi connectivity index (χ0v) is 11.3. The van der Waals surface area contributed by atoms with Gasteiger partial charge in [0.15, 0.2) is 11.5 Å². The van der Waals surface area contributed by atoms with Crippen LogP contribution in [-0.4, -0.2) is 18.9 Å². The first-order valence-electron chi connectivity index (χ1n) is 6.82. The summed E-state index contributed by atoms with van der Waals surface area (Å²) >= 11 is 0. The number of aryl methyl sites for hydroxylation is 2. The Labute approximate surface area is 117 Å². The van der Waals surface area contributed by atoms with E-state index in [0.717, 1.165) is 41.3 Å². The van der Waals surface area contributed by atoms with Crippen molar-refractivity contribution in [1.82, 2.24) is 4.98 Å². The monoisotopic (exact) mass is 269 g/mol. The Morgan fingerprint density at radius 3 is 2.80 bits per heavy atom. The van der Waals surface area contributed by atoms with Crippen molar-refractivity contribution in [3.8, 4) is 28.5 Å². The molecule has 0 spiro atoms. The van der Waals surface area contributed by atoms with Crippen LogP contribution in [0.4, 0.5) is 0 Å². The minimum absolute atomic E-state index is 0.263. The lowest BCUT2D eigenvalue weighted by molar-refractivity contribution is 0.174. The molecule has 2 heterocycles. The van der Waals surface area contributed by atoms with Gasteiger partial charge in [0.05, 0.1) is 12.8 Å². The lowest BCUT2D eigenvalue weighted by atomic mass is 10.1. The van der Waals surface area contributed by atoms with E-state index in [1.807, 2.05) is 12.1 Å². The fourth-order valence-corrected chi connectivity index (χ4v) is 2.86. The fourth-order valence-electron chi connectivity index (χ4n) is 2.86. The van der Waals surface area contributed by atoms with Crippen molar-refractivity contribution >= 4 is 0 Å². The molecule has 0 saturated heterocycles. The van der Waals surface area contributed by atoms with Crippen molar-refractivity contribution in [3.63, 3.8) is 0 Å². The van der Waals surface area contributed by atoms with Crippen molar-refractivity contribution < 1.29 is 14.2 Å². The predicted octanol–water partition coefficient (Wildman–Crippen LogP) is 2.97. The van der Waals surface area contributed by atoms with E-state index < -0.39 is 0 Å². The summed E-state index contributed by atoms with van der Waals surface area (Å²) in [5.74, 6) is 2.24. The number of nitrogens with zero attached hydrogens (tertiary/aromatic N) is 1. The molecule has 0 fully saturated rings. The third-order valence-corrected chi connectivity index (χ3v) is 3.90. The van der Waals surface area contributed by atoms with Crippen molar-refractivity contribution in [1.29, 1.82) is 0 Å². The zero-order valence-electron chi connectivity index (χ0n) is 11.3. The van der Waals surface area contributed by atoms with Crippen LogP contribution in [0.2, 0.25) is 0 Å². The number of hydrogen-bond acceptors (Lipinski definition) is 4. The molecule has 0 amide bonds. The number of methoxy groups -OCH3 is 1. The van der Waals surface area contributed by atoms with E-state index >= 15 is 0 Å². The van der Waals surface area contributed by atoms with E-state index in [1.54, 1.807) is 7.11 Å². The topological polar surface area (TPSA) is 40.6 Å². The van der Waals surface area contributed by atoms with E-state index in [-0.39, 0.29) is 6.79 Å². The van der Waals surface area contributed by atoms with E-state index in [9.17, 15) is 0 Å². The quantitative estimate of drug-likeness (QED) is 0.840. The highest BCUT2D eigenvalue weighted by molar-refractivity contribution is 5.72. The second-order valence-corrected chi connectivity index (χ2v) is 5.06. The maximum atomic E-state index is 5.47. The Morgan fingerprint density at radius 2 is 1.95 bits per heavy atom. The van der Waals surface area contributed by atoms with Crippen LogP contribution in [0, 0.1) is 0 Å². The van der Waals surface area contributed by atoms with Gasteiger partial charge >= 0.3 is 0 Å². The molecule has 0 N–H and O–H groups in total. The average molecular weight is 269 g/mol. The molecule has 4 nitrogen and oxygen atoms in total. The number of aromatic nitrogens is 1. The van der Waals surface area contributed by atoms with Gasteiger partial charge in [-0.3, -0.25) is 4.98 Å². The van der Waals surface area contributed by atoms with Crippen LogP contribution in [0.5, 0.6) is 17.2 Å². The van der Waals surface area contributed by atoms with Gasteiger partial charge in [0, 0.05) is 17.3 Å². The van der Waals surface area contributed by atoms with Gasteiger partial charge in [-0.15, -0.1) is 0 Å². The summed E-state index contributed by atoms with van der Waals surface area (Å²) in [5.41, 5.74) is 4.46. The third kappa shape index (κ3) is 1.72. The number of hydrogen-bond donors (Lipinski definition) is 0. The SMILES string of the molecule is COc1cc2c(cc1-c1ccc3c(n1)CCC3)OCO2. The van der Waals surface area contributed by atoms with Gasteiger partial charge < -0.3 is 14.2 Å². The van der Waals surface area contributed by atoms with E-state index in [2.05, 4.69) is 12.1 Å².